The lowest BCUT2D eigenvalue weighted by atomic mass is 10.2. The lowest BCUT2D eigenvalue weighted by molar-refractivity contribution is 0.721. The van der Waals surface area contributed by atoms with Crippen LogP contribution in [0.1, 0.15) is 5.82 Å². The van der Waals surface area contributed by atoms with Crippen LogP contribution in [0.15, 0.2) is 27.6 Å². The molecule has 0 aromatic carbocycles. The first-order valence-electron chi connectivity index (χ1n) is 3.62. The molecule has 0 unspecified atom stereocenters. The van der Waals surface area contributed by atoms with E-state index in [0.29, 0.717) is 6.67 Å². The molecule has 1 aromatic rings. The second-order valence-electron chi connectivity index (χ2n) is 2.60. The first-order valence-corrected chi connectivity index (χ1v) is 3.62. The SMILES string of the molecule is C1=NN=C2C1=NCn1ccnc12. The van der Waals surface area contributed by atoms with E-state index in [1.54, 1.807) is 12.4 Å². The highest BCUT2D eigenvalue weighted by molar-refractivity contribution is 6.67. The van der Waals surface area contributed by atoms with Gasteiger partial charge < -0.3 is 4.57 Å². The molecule has 0 spiro atoms. The minimum atomic E-state index is 0.621. The average Bonchev–Trinajstić information content (AvgIpc) is 2.71. The van der Waals surface area contributed by atoms with Crippen molar-refractivity contribution in [2.75, 3.05) is 0 Å². The van der Waals surface area contributed by atoms with Gasteiger partial charge in [-0.05, 0) is 0 Å². The van der Waals surface area contributed by atoms with Crippen LogP contribution in [0.2, 0.25) is 0 Å². The molecule has 2 aliphatic rings. The first kappa shape index (κ1) is 5.82. The van der Waals surface area contributed by atoms with Gasteiger partial charge in [0.15, 0.2) is 11.5 Å². The molecule has 0 N–H and O–H groups in total. The number of aromatic nitrogens is 2. The molecule has 0 bridgehead atoms. The quantitative estimate of drug-likeness (QED) is 0.529. The molecule has 5 nitrogen and oxygen atoms in total. The Bertz CT molecular complexity index is 423. The molecule has 58 valence electrons. The molecule has 0 aliphatic carbocycles. The zero-order valence-corrected chi connectivity index (χ0v) is 6.18. The second-order valence-corrected chi connectivity index (χ2v) is 2.60. The van der Waals surface area contributed by atoms with E-state index in [1.165, 1.54) is 0 Å². The van der Waals surface area contributed by atoms with Crippen LogP contribution in [0.5, 0.6) is 0 Å². The van der Waals surface area contributed by atoms with Gasteiger partial charge in [0, 0.05) is 12.4 Å². The van der Waals surface area contributed by atoms with Gasteiger partial charge in [0.1, 0.15) is 12.4 Å². The summed E-state index contributed by atoms with van der Waals surface area (Å²) in [5.41, 5.74) is 1.62. The highest BCUT2D eigenvalue weighted by Crippen LogP contribution is 2.10. The molecular weight excluding hydrogens is 154 g/mol. The molecular formula is C7H5N5. The third-order valence-corrected chi connectivity index (χ3v) is 1.90. The molecule has 0 fully saturated rings. The van der Waals surface area contributed by atoms with Gasteiger partial charge in [0.2, 0.25) is 0 Å². The Morgan fingerprint density at radius 1 is 1.42 bits per heavy atom. The third kappa shape index (κ3) is 0.578. The number of nitrogens with zero attached hydrogens (tertiary/aromatic N) is 5. The van der Waals surface area contributed by atoms with Crippen LogP contribution in [0.3, 0.4) is 0 Å². The van der Waals surface area contributed by atoms with Gasteiger partial charge in [-0.15, -0.1) is 5.10 Å². The Balaban J connectivity index is 2.26. The summed E-state index contributed by atoms with van der Waals surface area (Å²) in [6.45, 7) is 0.621. The Labute approximate surface area is 68.2 Å². The van der Waals surface area contributed by atoms with E-state index in [9.17, 15) is 0 Å². The highest BCUT2D eigenvalue weighted by Gasteiger charge is 2.22. The smallest absolute Gasteiger partial charge is 0.164 e. The van der Waals surface area contributed by atoms with E-state index in [2.05, 4.69) is 20.2 Å². The summed E-state index contributed by atoms with van der Waals surface area (Å²) in [5.74, 6) is 0.859. The van der Waals surface area contributed by atoms with Crippen LogP contribution in [0.4, 0.5) is 0 Å². The van der Waals surface area contributed by atoms with Gasteiger partial charge >= 0.3 is 0 Å². The maximum Gasteiger partial charge on any atom is 0.164 e. The maximum atomic E-state index is 4.26. The minimum Gasteiger partial charge on any atom is -0.309 e. The number of hydrogen-bond donors (Lipinski definition) is 0. The van der Waals surface area contributed by atoms with Gasteiger partial charge in [-0.2, -0.15) is 5.10 Å². The second kappa shape index (κ2) is 1.88. The van der Waals surface area contributed by atoms with Crippen molar-refractivity contribution in [3.63, 3.8) is 0 Å². The molecule has 0 atom stereocenters. The zero-order chi connectivity index (χ0) is 7.97. The Morgan fingerprint density at radius 2 is 2.42 bits per heavy atom. The number of rotatable bonds is 0. The van der Waals surface area contributed by atoms with E-state index in [4.69, 9.17) is 0 Å². The molecule has 3 heterocycles. The van der Waals surface area contributed by atoms with Crippen LogP contribution < -0.4 is 0 Å². The topological polar surface area (TPSA) is 54.9 Å². The average molecular weight is 159 g/mol. The number of aliphatic imine (C=N–C) groups is 1. The summed E-state index contributed by atoms with van der Waals surface area (Å²) < 4.78 is 1.94. The lowest BCUT2D eigenvalue weighted by Crippen LogP contribution is -2.23. The largest absolute Gasteiger partial charge is 0.309 e. The van der Waals surface area contributed by atoms with E-state index in [0.717, 1.165) is 17.2 Å². The summed E-state index contributed by atoms with van der Waals surface area (Å²) in [6, 6.07) is 0. The molecule has 1 aromatic heterocycles. The van der Waals surface area contributed by atoms with Crippen molar-refractivity contribution in [1.82, 2.24) is 9.55 Å². The van der Waals surface area contributed by atoms with E-state index in [1.807, 2.05) is 10.8 Å². The van der Waals surface area contributed by atoms with Crippen molar-refractivity contribution >= 4 is 17.6 Å². The van der Waals surface area contributed by atoms with Crippen molar-refractivity contribution in [2.45, 2.75) is 6.67 Å². The van der Waals surface area contributed by atoms with E-state index >= 15 is 0 Å². The van der Waals surface area contributed by atoms with Crippen molar-refractivity contribution in [3.8, 4) is 0 Å². The van der Waals surface area contributed by atoms with Crippen LogP contribution in [0, 0.1) is 0 Å². The number of imidazole rings is 1. The summed E-state index contributed by atoms with van der Waals surface area (Å²) in [6.07, 6.45) is 5.29. The first-order chi connectivity index (χ1) is 5.95. The van der Waals surface area contributed by atoms with E-state index < -0.39 is 0 Å². The number of hydrogen-bond acceptors (Lipinski definition) is 4. The monoisotopic (exact) mass is 159 g/mol. The number of fused-ring (bicyclic) bond motifs is 3. The van der Waals surface area contributed by atoms with Gasteiger partial charge in [-0.1, -0.05) is 0 Å². The van der Waals surface area contributed by atoms with E-state index in [-0.39, 0.29) is 0 Å². The fourth-order valence-corrected chi connectivity index (χ4v) is 1.32. The molecule has 5 heteroatoms. The fourth-order valence-electron chi connectivity index (χ4n) is 1.32. The molecule has 12 heavy (non-hydrogen) atoms. The fraction of sp³-hybridized carbons (Fsp3) is 0.143. The molecule has 0 amide bonds. The summed E-state index contributed by atoms with van der Waals surface area (Å²) in [4.78, 5) is 8.44. The van der Waals surface area contributed by atoms with Gasteiger partial charge in [0.05, 0.1) is 6.21 Å². The third-order valence-electron chi connectivity index (χ3n) is 1.90. The van der Waals surface area contributed by atoms with Crippen LogP contribution in [-0.4, -0.2) is 27.2 Å². The molecule has 0 radical (unpaired) electrons. The predicted octanol–water partition coefficient (Wildman–Crippen LogP) is 0.0837. The Kier molecular flexibility index (Phi) is 0.910. The van der Waals surface area contributed by atoms with Gasteiger partial charge in [0.25, 0.3) is 0 Å². The van der Waals surface area contributed by atoms with Crippen molar-refractivity contribution in [3.05, 3.63) is 18.2 Å². The standard InChI is InChI=1S/C7H5N5/c1-2-12-4-9-5-3-10-11-6(5)7(12)8-1/h1-3H,4H2. The van der Waals surface area contributed by atoms with Crippen molar-refractivity contribution < 1.29 is 0 Å². The zero-order valence-electron chi connectivity index (χ0n) is 6.18. The van der Waals surface area contributed by atoms with Gasteiger partial charge in [-0.25, -0.2) is 4.98 Å². The van der Waals surface area contributed by atoms with Crippen molar-refractivity contribution in [2.24, 2.45) is 15.2 Å². The molecule has 0 saturated carbocycles. The molecule has 0 saturated heterocycles. The normalized spacial score (nSPS) is 18.3. The molecule has 2 aliphatic heterocycles. The highest BCUT2D eigenvalue weighted by atomic mass is 15.3. The summed E-state index contributed by atoms with van der Waals surface area (Å²) >= 11 is 0. The minimum absolute atomic E-state index is 0.621. The Hall–Kier alpha value is -1.78. The maximum absolute atomic E-state index is 4.26. The van der Waals surface area contributed by atoms with Crippen molar-refractivity contribution in [1.29, 1.82) is 0 Å². The van der Waals surface area contributed by atoms with Crippen LogP contribution in [0.25, 0.3) is 0 Å². The van der Waals surface area contributed by atoms with Gasteiger partial charge in [-0.3, -0.25) is 4.99 Å². The molecule has 3 rings (SSSR count). The predicted molar refractivity (Wildman–Crippen MR) is 44.7 cm³/mol. The van der Waals surface area contributed by atoms with Crippen LogP contribution in [-0.2, 0) is 6.67 Å². The summed E-state index contributed by atoms with van der Waals surface area (Å²) in [7, 11) is 0. The lowest BCUT2D eigenvalue weighted by Gasteiger charge is -2.09. The van der Waals surface area contributed by atoms with Crippen LogP contribution >= 0.6 is 0 Å². The summed E-state index contributed by atoms with van der Waals surface area (Å²) in [5, 5.41) is 7.73. The Morgan fingerprint density at radius 3 is 3.42 bits per heavy atom.